The second-order valence-electron chi connectivity index (χ2n) is 9.29. The maximum atomic E-state index is 13.5. The van der Waals surface area contributed by atoms with Crippen molar-refractivity contribution >= 4 is 21.7 Å². The highest BCUT2D eigenvalue weighted by molar-refractivity contribution is 7.89. The van der Waals surface area contributed by atoms with E-state index in [1.807, 2.05) is 35.2 Å². The van der Waals surface area contributed by atoms with Crippen molar-refractivity contribution in [2.75, 3.05) is 13.1 Å². The Labute approximate surface area is 196 Å². The molecular formula is C26H32N2O4S. The lowest BCUT2D eigenvalue weighted by atomic mass is 9.95. The maximum absolute atomic E-state index is 13.5. The number of Topliss-reactive ketones (excluding diaryl/α,β-unsaturated/α-hetero) is 1. The van der Waals surface area contributed by atoms with Gasteiger partial charge in [-0.3, -0.25) is 9.59 Å². The third kappa shape index (κ3) is 5.36. The highest BCUT2D eigenvalue weighted by Crippen LogP contribution is 2.37. The van der Waals surface area contributed by atoms with Crippen molar-refractivity contribution < 1.29 is 18.0 Å². The third-order valence-electron chi connectivity index (χ3n) is 6.96. The van der Waals surface area contributed by atoms with Crippen LogP contribution in [0.2, 0.25) is 0 Å². The Kier molecular flexibility index (Phi) is 7.00. The van der Waals surface area contributed by atoms with E-state index in [0.717, 1.165) is 18.4 Å². The van der Waals surface area contributed by atoms with Gasteiger partial charge in [0.2, 0.25) is 15.9 Å². The molecule has 0 aromatic heterocycles. The van der Waals surface area contributed by atoms with Crippen molar-refractivity contribution in [2.45, 2.75) is 57.0 Å². The number of nitrogens with zero attached hydrogens (tertiary/aromatic N) is 2. The van der Waals surface area contributed by atoms with Crippen LogP contribution in [0.15, 0.2) is 59.5 Å². The average molecular weight is 469 g/mol. The fourth-order valence-electron chi connectivity index (χ4n) is 4.64. The smallest absolute Gasteiger partial charge is 0.243 e. The van der Waals surface area contributed by atoms with E-state index >= 15 is 0 Å². The fraction of sp³-hybridized carbons (Fsp3) is 0.462. The number of carbonyl (C=O) groups excluding carboxylic acids is 2. The van der Waals surface area contributed by atoms with Gasteiger partial charge < -0.3 is 4.90 Å². The van der Waals surface area contributed by atoms with Crippen molar-refractivity contribution in [2.24, 2.45) is 11.8 Å². The number of benzene rings is 2. The second kappa shape index (κ2) is 9.77. The van der Waals surface area contributed by atoms with Gasteiger partial charge in [-0.2, -0.15) is 4.31 Å². The van der Waals surface area contributed by atoms with Crippen LogP contribution < -0.4 is 0 Å². The third-order valence-corrected chi connectivity index (χ3v) is 8.85. The van der Waals surface area contributed by atoms with E-state index in [1.54, 1.807) is 12.1 Å². The zero-order valence-corrected chi connectivity index (χ0v) is 20.1. The van der Waals surface area contributed by atoms with Crippen LogP contribution in [0.3, 0.4) is 0 Å². The van der Waals surface area contributed by atoms with Gasteiger partial charge in [-0.15, -0.1) is 0 Å². The molecule has 2 aromatic rings. The van der Waals surface area contributed by atoms with Crippen molar-refractivity contribution in [3.05, 3.63) is 65.7 Å². The molecule has 1 aliphatic carbocycles. The van der Waals surface area contributed by atoms with E-state index in [1.165, 1.54) is 23.4 Å². The van der Waals surface area contributed by atoms with Crippen LogP contribution in [0.4, 0.5) is 0 Å². The topological polar surface area (TPSA) is 74.8 Å². The number of rotatable bonds is 8. The molecule has 0 spiro atoms. The zero-order chi connectivity index (χ0) is 23.6. The molecule has 1 atom stereocenters. The predicted octanol–water partition coefficient (Wildman–Crippen LogP) is 4.12. The minimum absolute atomic E-state index is 0.132. The van der Waals surface area contributed by atoms with E-state index in [0.29, 0.717) is 44.0 Å². The Hall–Kier alpha value is -2.51. The summed E-state index contributed by atoms with van der Waals surface area (Å²) in [4.78, 5) is 27.4. The predicted molar refractivity (Wildman–Crippen MR) is 127 cm³/mol. The van der Waals surface area contributed by atoms with E-state index in [9.17, 15) is 18.0 Å². The highest BCUT2D eigenvalue weighted by Gasteiger charge is 2.39. The summed E-state index contributed by atoms with van der Waals surface area (Å²) >= 11 is 0. The molecule has 176 valence electrons. The van der Waals surface area contributed by atoms with Crippen LogP contribution in [0.5, 0.6) is 0 Å². The number of sulfonamides is 1. The first-order valence-corrected chi connectivity index (χ1v) is 13.2. The van der Waals surface area contributed by atoms with Crippen molar-refractivity contribution in [1.82, 2.24) is 9.21 Å². The Balaban J connectivity index is 1.45. The van der Waals surface area contributed by atoms with E-state index in [2.05, 4.69) is 6.92 Å². The highest BCUT2D eigenvalue weighted by atomic mass is 32.2. The van der Waals surface area contributed by atoms with Crippen LogP contribution >= 0.6 is 0 Å². The van der Waals surface area contributed by atoms with Crippen LogP contribution in [0.25, 0.3) is 0 Å². The Morgan fingerprint density at radius 1 is 1.00 bits per heavy atom. The molecule has 2 aliphatic rings. The normalized spacial score (nSPS) is 18.6. The van der Waals surface area contributed by atoms with Crippen LogP contribution in [0.1, 0.15) is 55.5 Å². The van der Waals surface area contributed by atoms with Gasteiger partial charge in [-0.05, 0) is 63.1 Å². The van der Waals surface area contributed by atoms with E-state index in [-0.39, 0.29) is 28.5 Å². The van der Waals surface area contributed by atoms with Crippen molar-refractivity contribution in [3.8, 4) is 0 Å². The molecule has 2 aromatic carbocycles. The first-order valence-electron chi connectivity index (χ1n) is 11.7. The largest absolute Gasteiger partial charge is 0.335 e. The summed E-state index contributed by atoms with van der Waals surface area (Å²) in [5, 5.41) is 0. The van der Waals surface area contributed by atoms with Crippen LogP contribution in [-0.2, 0) is 21.4 Å². The molecule has 1 amide bonds. The van der Waals surface area contributed by atoms with Gasteiger partial charge in [0, 0.05) is 37.2 Å². The van der Waals surface area contributed by atoms with Gasteiger partial charge in [0.15, 0.2) is 5.78 Å². The number of hydrogen-bond donors (Lipinski definition) is 0. The molecule has 1 aliphatic heterocycles. The SMILES string of the molecule is CC(=O)c1cccc(S(=O)(=O)N2CCC(C(=O)N(Cc3ccccc3)C(C)C3CC3)CC2)c1. The monoisotopic (exact) mass is 468 g/mol. The second-order valence-corrected chi connectivity index (χ2v) is 11.2. The summed E-state index contributed by atoms with van der Waals surface area (Å²) in [6, 6.07) is 16.4. The number of ketones is 1. The summed E-state index contributed by atoms with van der Waals surface area (Å²) in [6.45, 7) is 4.76. The summed E-state index contributed by atoms with van der Waals surface area (Å²) < 4.78 is 27.7. The zero-order valence-electron chi connectivity index (χ0n) is 19.3. The fourth-order valence-corrected chi connectivity index (χ4v) is 6.15. The van der Waals surface area contributed by atoms with Crippen LogP contribution in [-0.4, -0.2) is 48.4 Å². The van der Waals surface area contributed by atoms with Crippen LogP contribution in [0, 0.1) is 11.8 Å². The van der Waals surface area contributed by atoms with E-state index < -0.39 is 10.0 Å². The van der Waals surface area contributed by atoms with Crippen molar-refractivity contribution in [1.29, 1.82) is 0 Å². The molecule has 4 rings (SSSR count). The number of amides is 1. The average Bonchev–Trinajstić information content (AvgIpc) is 3.68. The minimum Gasteiger partial charge on any atom is -0.335 e. The lowest BCUT2D eigenvalue weighted by Crippen LogP contribution is -2.47. The summed E-state index contributed by atoms with van der Waals surface area (Å²) in [6.07, 6.45) is 3.34. The van der Waals surface area contributed by atoms with E-state index in [4.69, 9.17) is 0 Å². The Morgan fingerprint density at radius 3 is 2.27 bits per heavy atom. The first-order chi connectivity index (χ1) is 15.8. The number of piperidine rings is 1. The van der Waals surface area contributed by atoms with Gasteiger partial charge in [0.25, 0.3) is 0 Å². The number of carbonyl (C=O) groups is 2. The molecule has 6 nitrogen and oxygen atoms in total. The molecule has 7 heteroatoms. The molecule has 1 saturated heterocycles. The molecule has 0 N–H and O–H groups in total. The van der Waals surface area contributed by atoms with Gasteiger partial charge in [-0.25, -0.2) is 8.42 Å². The summed E-state index contributed by atoms with van der Waals surface area (Å²) in [5.74, 6) is 0.352. The molecule has 1 heterocycles. The van der Waals surface area contributed by atoms with Gasteiger partial charge in [0.1, 0.15) is 0 Å². The summed E-state index contributed by atoms with van der Waals surface area (Å²) in [7, 11) is -3.70. The Morgan fingerprint density at radius 2 is 1.67 bits per heavy atom. The lowest BCUT2D eigenvalue weighted by Gasteiger charge is -2.36. The quantitative estimate of drug-likeness (QED) is 0.546. The molecular weight excluding hydrogens is 436 g/mol. The molecule has 1 unspecified atom stereocenters. The maximum Gasteiger partial charge on any atom is 0.243 e. The standard InChI is InChI=1S/C26H32N2O4S/c1-19(22-11-12-22)28(18-21-7-4-3-5-8-21)26(30)23-13-15-27(16-14-23)33(31,32)25-10-6-9-24(17-25)20(2)29/h3-10,17,19,22-23H,11-16,18H2,1-2H3. The molecule has 0 bridgehead atoms. The molecule has 2 fully saturated rings. The van der Waals surface area contributed by atoms with Gasteiger partial charge >= 0.3 is 0 Å². The lowest BCUT2D eigenvalue weighted by molar-refractivity contribution is -0.140. The number of hydrogen-bond acceptors (Lipinski definition) is 4. The molecule has 1 saturated carbocycles. The Bertz CT molecular complexity index is 1100. The van der Waals surface area contributed by atoms with Gasteiger partial charge in [-0.1, -0.05) is 42.5 Å². The van der Waals surface area contributed by atoms with Crippen molar-refractivity contribution in [3.63, 3.8) is 0 Å². The molecule has 0 radical (unpaired) electrons. The first kappa shape index (κ1) is 23.6. The van der Waals surface area contributed by atoms with Gasteiger partial charge in [0.05, 0.1) is 4.90 Å². The summed E-state index contributed by atoms with van der Waals surface area (Å²) in [5.41, 5.74) is 1.50. The minimum atomic E-state index is -3.70. The molecule has 33 heavy (non-hydrogen) atoms.